The molecule has 0 aromatic heterocycles. The molecule has 6 rings (SSSR count). The van der Waals surface area contributed by atoms with Crippen molar-refractivity contribution in [1.29, 1.82) is 0 Å². The molecule has 0 unspecified atom stereocenters. The standard InChI is InChI=1S/C26H32O9/c1-22(2)14-11-15(27)25(5)13(23(14,3)8-7-16(28)34-22)6-9-24(4)18(12-10-17(29)32-20(12)30)33-21(31)19-26(24,25)35-19/h7-8,10,13-15,18-20,27,30H,6,9,11H2,1-5H3/t13-,14+,15+,18+,19-,20+,23-,24+,25+,26-/m1/s1. The van der Waals surface area contributed by atoms with Crippen molar-refractivity contribution in [1.82, 2.24) is 0 Å². The summed E-state index contributed by atoms with van der Waals surface area (Å²) in [6.07, 6.45) is 2.01. The van der Waals surface area contributed by atoms with Crippen LogP contribution in [-0.4, -0.2) is 63.9 Å². The molecule has 4 aliphatic heterocycles. The van der Waals surface area contributed by atoms with Gasteiger partial charge in [-0.2, -0.15) is 0 Å². The van der Waals surface area contributed by atoms with Gasteiger partial charge < -0.3 is 29.2 Å². The van der Waals surface area contributed by atoms with Gasteiger partial charge in [-0.3, -0.25) is 0 Å². The van der Waals surface area contributed by atoms with Crippen LogP contribution in [0.1, 0.15) is 53.9 Å². The first kappa shape index (κ1) is 23.2. The Bertz CT molecular complexity index is 1110. The van der Waals surface area contributed by atoms with Crippen LogP contribution < -0.4 is 0 Å². The first-order chi connectivity index (χ1) is 16.2. The Morgan fingerprint density at radius 2 is 1.66 bits per heavy atom. The highest BCUT2D eigenvalue weighted by molar-refractivity contribution is 5.87. The van der Waals surface area contributed by atoms with Crippen LogP contribution in [0.25, 0.3) is 0 Å². The summed E-state index contributed by atoms with van der Waals surface area (Å²) in [5.41, 5.74) is -3.89. The second-order valence-electron chi connectivity index (χ2n) is 12.3. The van der Waals surface area contributed by atoms with E-state index in [4.69, 9.17) is 18.9 Å². The van der Waals surface area contributed by atoms with Gasteiger partial charge in [-0.1, -0.05) is 26.8 Å². The number of carbonyl (C=O) groups excluding carboxylic acids is 3. The molecule has 0 aromatic rings. The van der Waals surface area contributed by atoms with Crippen molar-refractivity contribution in [2.24, 2.45) is 28.1 Å². The lowest BCUT2D eigenvalue weighted by atomic mass is 9.37. The van der Waals surface area contributed by atoms with Crippen LogP contribution in [0.5, 0.6) is 0 Å². The molecule has 2 aliphatic carbocycles. The molecule has 0 aromatic carbocycles. The molecule has 9 heteroatoms. The number of aliphatic hydroxyl groups excluding tert-OH is 2. The third-order valence-corrected chi connectivity index (χ3v) is 10.5. The monoisotopic (exact) mass is 488 g/mol. The Labute approximate surface area is 203 Å². The van der Waals surface area contributed by atoms with Crippen LogP contribution in [0.2, 0.25) is 0 Å². The number of esters is 3. The number of aliphatic hydroxyl groups is 2. The molecule has 6 aliphatic rings. The number of cyclic esters (lactones) is 3. The fraction of sp³-hybridized carbons (Fsp3) is 0.731. The minimum Gasteiger partial charge on any atom is -0.456 e. The lowest BCUT2D eigenvalue weighted by Crippen LogP contribution is -2.73. The zero-order valence-corrected chi connectivity index (χ0v) is 20.6. The topological polar surface area (TPSA) is 132 Å². The number of ether oxygens (including phenoxy) is 4. The molecule has 0 bridgehead atoms. The number of carbonyl (C=O) groups is 3. The molecule has 2 N–H and O–H groups in total. The third kappa shape index (κ3) is 2.52. The molecule has 4 fully saturated rings. The molecule has 4 heterocycles. The number of fused-ring (bicyclic) bond motifs is 3. The van der Waals surface area contributed by atoms with E-state index in [1.165, 1.54) is 12.2 Å². The zero-order valence-electron chi connectivity index (χ0n) is 20.6. The second-order valence-corrected chi connectivity index (χ2v) is 12.3. The van der Waals surface area contributed by atoms with Gasteiger partial charge in [-0.05, 0) is 44.4 Å². The largest absolute Gasteiger partial charge is 0.456 e. The number of rotatable bonds is 1. The molecule has 2 saturated heterocycles. The van der Waals surface area contributed by atoms with Gasteiger partial charge in [0.1, 0.15) is 17.3 Å². The van der Waals surface area contributed by atoms with Crippen LogP contribution in [-0.2, 0) is 33.3 Å². The van der Waals surface area contributed by atoms with Gasteiger partial charge in [0.15, 0.2) is 6.10 Å². The zero-order chi connectivity index (χ0) is 25.3. The molecule has 1 spiro atoms. The van der Waals surface area contributed by atoms with Gasteiger partial charge in [-0.25, -0.2) is 14.4 Å². The van der Waals surface area contributed by atoms with Crippen LogP contribution in [0.4, 0.5) is 0 Å². The maximum atomic E-state index is 13.1. The Balaban J connectivity index is 1.50. The summed E-state index contributed by atoms with van der Waals surface area (Å²) in [5.74, 6) is -1.96. The first-order valence-electron chi connectivity index (χ1n) is 12.3. The fourth-order valence-electron chi connectivity index (χ4n) is 8.99. The van der Waals surface area contributed by atoms with Crippen molar-refractivity contribution in [3.8, 4) is 0 Å². The summed E-state index contributed by atoms with van der Waals surface area (Å²) in [5, 5.41) is 22.3. The van der Waals surface area contributed by atoms with Gasteiger partial charge in [0.2, 0.25) is 6.29 Å². The van der Waals surface area contributed by atoms with Crippen LogP contribution in [0.15, 0.2) is 23.8 Å². The summed E-state index contributed by atoms with van der Waals surface area (Å²) in [7, 11) is 0. The van der Waals surface area contributed by atoms with Crippen LogP contribution >= 0.6 is 0 Å². The molecular weight excluding hydrogens is 456 g/mol. The summed E-state index contributed by atoms with van der Waals surface area (Å²) >= 11 is 0. The molecule has 190 valence electrons. The van der Waals surface area contributed by atoms with E-state index in [2.05, 4.69) is 6.92 Å². The van der Waals surface area contributed by atoms with Crippen molar-refractivity contribution >= 4 is 17.9 Å². The van der Waals surface area contributed by atoms with E-state index in [-0.39, 0.29) is 17.4 Å². The highest BCUT2D eigenvalue weighted by atomic mass is 16.7. The predicted molar refractivity (Wildman–Crippen MR) is 118 cm³/mol. The van der Waals surface area contributed by atoms with Crippen molar-refractivity contribution in [2.45, 2.75) is 89.7 Å². The quantitative estimate of drug-likeness (QED) is 0.320. The predicted octanol–water partition coefficient (Wildman–Crippen LogP) is 1.55. The summed E-state index contributed by atoms with van der Waals surface area (Å²) in [6.45, 7) is 9.81. The number of hydrogen-bond donors (Lipinski definition) is 2. The van der Waals surface area contributed by atoms with E-state index < -0.39 is 70.0 Å². The SMILES string of the molecule is CC1(C)OC(=O)C=C[C@]2(C)[C@H]3CC[C@@]4(C)[C@H](C5=CC(=O)O[C@@H]5O)OC(=O)[C@H]5O[C@]54[C@]3(C)[C@@H](O)C[C@@H]12. The molecule has 2 saturated carbocycles. The fourth-order valence-corrected chi connectivity index (χ4v) is 8.99. The van der Waals surface area contributed by atoms with Crippen LogP contribution in [0.3, 0.4) is 0 Å². The van der Waals surface area contributed by atoms with Gasteiger partial charge in [0, 0.05) is 34.5 Å². The maximum absolute atomic E-state index is 13.1. The van der Waals surface area contributed by atoms with E-state index in [1.807, 2.05) is 33.8 Å². The molecule has 0 radical (unpaired) electrons. The Kier molecular flexibility index (Phi) is 4.34. The number of epoxide rings is 1. The van der Waals surface area contributed by atoms with E-state index in [0.29, 0.717) is 19.3 Å². The average molecular weight is 489 g/mol. The molecule has 10 atom stereocenters. The Morgan fingerprint density at radius 3 is 2.31 bits per heavy atom. The first-order valence-corrected chi connectivity index (χ1v) is 12.3. The lowest BCUT2D eigenvalue weighted by molar-refractivity contribution is -0.249. The summed E-state index contributed by atoms with van der Waals surface area (Å²) < 4.78 is 22.8. The lowest BCUT2D eigenvalue weighted by Gasteiger charge is -2.67. The Morgan fingerprint density at radius 1 is 0.943 bits per heavy atom. The normalized spacial score (nSPS) is 53.6. The number of hydrogen-bond acceptors (Lipinski definition) is 9. The highest BCUT2D eigenvalue weighted by Crippen LogP contribution is 2.78. The van der Waals surface area contributed by atoms with Crippen molar-refractivity contribution in [3.05, 3.63) is 23.8 Å². The van der Waals surface area contributed by atoms with E-state index in [9.17, 15) is 24.6 Å². The average Bonchev–Trinajstić information content (AvgIpc) is 3.47. The highest BCUT2D eigenvalue weighted by Gasteiger charge is 2.88. The van der Waals surface area contributed by atoms with E-state index in [0.717, 1.165) is 0 Å². The minimum atomic E-state index is -1.50. The molecule has 9 nitrogen and oxygen atoms in total. The summed E-state index contributed by atoms with van der Waals surface area (Å²) in [6, 6.07) is 0. The number of allylic oxidation sites excluding steroid dienone is 1. The van der Waals surface area contributed by atoms with E-state index in [1.54, 1.807) is 0 Å². The van der Waals surface area contributed by atoms with Gasteiger partial charge >= 0.3 is 17.9 Å². The smallest absolute Gasteiger partial charge is 0.339 e. The van der Waals surface area contributed by atoms with Gasteiger partial charge in [0.25, 0.3) is 0 Å². The molecular formula is C26H32O9. The van der Waals surface area contributed by atoms with Crippen molar-refractivity contribution in [3.63, 3.8) is 0 Å². The second kappa shape index (κ2) is 6.55. The van der Waals surface area contributed by atoms with Gasteiger partial charge in [-0.15, -0.1) is 0 Å². The van der Waals surface area contributed by atoms with Crippen molar-refractivity contribution < 1.29 is 43.5 Å². The molecule has 0 amide bonds. The van der Waals surface area contributed by atoms with E-state index >= 15 is 0 Å². The third-order valence-electron chi connectivity index (χ3n) is 10.5. The Hall–Kier alpha value is -2.23. The maximum Gasteiger partial charge on any atom is 0.339 e. The van der Waals surface area contributed by atoms with Crippen LogP contribution in [0, 0.1) is 28.1 Å². The van der Waals surface area contributed by atoms with Crippen molar-refractivity contribution in [2.75, 3.05) is 0 Å². The molecule has 35 heavy (non-hydrogen) atoms. The minimum absolute atomic E-state index is 0.140. The van der Waals surface area contributed by atoms with Gasteiger partial charge in [0.05, 0.1) is 6.10 Å². The summed E-state index contributed by atoms with van der Waals surface area (Å²) in [4.78, 5) is 37.4.